The van der Waals surface area contributed by atoms with E-state index >= 15 is 0 Å². The summed E-state index contributed by atoms with van der Waals surface area (Å²) in [7, 11) is 0. The highest BCUT2D eigenvalue weighted by Crippen LogP contribution is 2.25. The summed E-state index contributed by atoms with van der Waals surface area (Å²) >= 11 is 0. The lowest BCUT2D eigenvalue weighted by Crippen LogP contribution is -2.50. The minimum Gasteiger partial charge on any atom is -0.364 e. The summed E-state index contributed by atoms with van der Waals surface area (Å²) in [6.45, 7) is 6.95. The quantitative estimate of drug-likeness (QED) is 0.931. The Labute approximate surface area is 148 Å². The van der Waals surface area contributed by atoms with Crippen molar-refractivity contribution in [3.63, 3.8) is 0 Å². The number of aromatic amines is 1. The topological polar surface area (TPSA) is 56.4 Å². The number of amides is 1. The average Bonchev–Trinajstić information content (AvgIpc) is 2.63. The highest BCUT2D eigenvalue weighted by molar-refractivity contribution is 5.93. The number of rotatable bonds is 4. The van der Waals surface area contributed by atoms with Crippen molar-refractivity contribution in [3.8, 4) is 0 Å². The van der Waals surface area contributed by atoms with Crippen LogP contribution in [0.25, 0.3) is 0 Å². The maximum absolute atomic E-state index is 12.6. The van der Waals surface area contributed by atoms with E-state index in [-0.39, 0.29) is 16.9 Å². The fourth-order valence-electron chi connectivity index (χ4n) is 3.53. The molecule has 132 valence electrons. The van der Waals surface area contributed by atoms with Gasteiger partial charge in [-0.3, -0.25) is 14.5 Å². The molecule has 1 saturated heterocycles. The third kappa shape index (κ3) is 3.82. The Balaban J connectivity index is 1.67. The Kier molecular flexibility index (Phi) is 5.34. The van der Waals surface area contributed by atoms with Crippen LogP contribution >= 0.6 is 0 Å². The highest BCUT2D eigenvalue weighted by Gasteiger charge is 2.27. The van der Waals surface area contributed by atoms with Gasteiger partial charge in [-0.25, -0.2) is 0 Å². The number of hydrogen-bond donors (Lipinski definition) is 1. The zero-order valence-corrected chi connectivity index (χ0v) is 14.9. The second kappa shape index (κ2) is 7.66. The van der Waals surface area contributed by atoms with Gasteiger partial charge in [0.2, 0.25) is 0 Å². The fraction of sp³-hybridized carbons (Fsp3) is 0.400. The lowest BCUT2D eigenvalue weighted by atomic mass is 10.0. The van der Waals surface area contributed by atoms with E-state index in [1.165, 1.54) is 17.8 Å². The van der Waals surface area contributed by atoms with E-state index in [2.05, 4.69) is 41.1 Å². The van der Waals surface area contributed by atoms with Crippen molar-refractivity contribution in [1.29, 1.82) is 0 Å². The molecule has 1 aromatic heterocycles. The summed E-state index contributed by atoms with van der Waals surface area (Å²) in [4.78, 5) is 31.9. The Morgan fingerprint density at radius 3 is 2.44 bits per heavy atom. The molecule has 1 fully saturated rings. The van der Waals surface area contributed by atoms with Crippen molar-refractivity contribution in [1.82, 2.24) is 14.8 Å². The molecule has 1 aliphatic rings. The monoisotopic (exact) mass is 339 g/mol. The molecule has 2 heterocycles. The molecular weight excluding hydrogens is 314 g/mol. The number of benzene rings is 1. The number of H-pyrrole nitrogens is 1. The number of nitrogens with one attached hydrogen (secondary N) is 1. The predicted octanol–water partition coefficient (Wildman–Crippen LogP) is 2.59. The van der Waals surface area contributed by atoms with Crippen molar-refractivity contribution in [3.05, 3.63) is 69.6 Å². The molecule has 1 atom stereocenters. The third-order valence-corrected chi connectivity index (χ3v) is 4.90. The standard InChI is InChI=1S/C20H25N3O2/c1-3-18(16-7-5-4-6-8-16)22-9-11-23(12-10-22)20(25)17-14-21-15(2)13-19(17)24/h4-8,13-14,18H,3,9-12H2,1-2H3,(H,21,24)/t18-/m1/s1. The first-order valence-corrected chi connectivity index (χ1v) is 8.87. The van der Waals surface area contributed by atoms with E-state index in [9.17, 15) is 9.59 Å². The molecule has 0 radical (unpaired) electrons. The first kappa shape index (κ1) is 17.4. The van der Waals surface area contributed by atoms with Gasteiger partial charge in [-0.05, 0) is 18.9 Å². The zero-order valence-electron chi connectivity index (χ0n) is 14.9. The van der Waals surface area contributed by atoms with Crippen molar-refractivity contribution in [2.45, 2.75) is 26.3 Å². The van der Waals surface area contributed by atoms with Gasteiger partial charge in [0.15, 0.2) is 5.43 Å². The highest BCUT2D eigenvalue weighted by atomic mass is 16.2. The van der Waals surface area contributed by atoms with Crippen LogP contribution in [0.15, 0.2) is 47.4 Å². The van der Waals surface area contributed by atoms with Gasteiger partial charge < -0.3 is 9.88 Å². The number of carbonyl (C=O) groups excluding carboxylic acids is 1. The Hall–Kier alpha value is -2.40. The first-order chi connectivity index (χ1) is 12.1. The molecule has 1 aliphatic heterocycles. The second-order valence-electron chi connectivity index (χ2n) is 6.56. The van der Waals surface area contributed by atoms with E-state index in [1.807, 2.05) is 13.0 Å². The van der Waals surface area contributed by atoms with Gasteiger partial charge in [0.05, 0.1) is 0 Å². The summed E-state index contributed by atoms with van der Waals surface area (Å²) in [6, 6.07) is 12.4. The first-order valence-electron chi connectivity index (χ1n) is 8.87. The molecule has 0 saturated carbocycles. The lowest BCUT2D eigenvalue weighted by molar-refractivity contribution is 0.0561. The van der Waals surface area contributed by atoms with E-state index < -0.39 is 0 Å². The number of carbonyl (C=O) groups is 1. The average molecular weight is 339 g/mol. The lowest BCUT2D eigenvalue weighted by Gasteiger charge is -2.39. The summed E-state index contributed by atoms with van der Waals surface area (Å²) < 4.78 is 0. The molecule has 0 aliphatic carbocycles. The van der Waals surface area contributed by atoms with Crippen LogP contribution in [0, 0.1) is 6.92 Å². The van der Waals surface area contributed by atoms with Crippen molar-refractivity contribution >= 4 is 5.91 Å². The number of piperazine rings is 1. The van der Waals surface area contributed by atoms with E-state index in [0.29, 0.717) is 19.1 Å². The van der Waals surface area contributed by atoms with Gasteiger partial charge in [-0.15, -0.1) is 0 Å². The van der Waals surface area contributed by atoms with Crippen LogP contribution in [-0.4, -0.2) is 46.9 Å². The van der Waals surface area contributed by atoms with Crippen molar-refractivity contribution in [2.24, 2.45) is 0 Å². The van der Waals surface area contributed by atoms with Crippen LogP contribution < -0.4 is 5.43 Å². The summed E-state index contributed by atoms with van der Waals surface area (Å²) in [5, 5.41) is 0. The van der Waals surface area contributed by atoms with E-state index in [4.69, 9.17) is 0 Å². The van der Waals surface area contributed by atoms with Gasteiger partial charge in [-0.2, -0.15) is 0 Å². The van der Waals surface area contributed by atoms with Gasteiger partial charge in [0.1, 0.15) is 5.56 Å². The van der Waals surface area contributed by atoms with Crippen LogP contribution in [0.5, 0.6) is 0 Å². The Morgan fingerprint density at radius 1 is 1.16 bits per heavy atom. The number of nitrogens with zero attached hydrogens (tertiary/aromatic N) is 2. The Bertz CT molecular complexity index is 777. The molecule has 0 unspecified atom stereocenters. The maximum Gasteiger partial charge on any atom is 0.259 e. The molecule has 5 heteroatoms. The number of aromatic nitrogens is 1. The summed E-state index contributed by atoms with van der Waals surface area (Å²) in [5.74, 6) is -0.173. The molecule has 5 nitrogen and oxygen atoms in total. The molecule has 1 aromatic carbocycles. The van der Waals surface area contributed by atoms with Crippen LogP contribution in [0.2, 0.25) is 0 Å². The second-order valence-corrected chi connectivity index (χ2v) is 6.56. The predicted molar refractivity (Wildman–Crippen MR) is 98.8 cm³/mol. The molecule has 25 heavy (non-hydrogen) atoms. The largest absolute Gasteiger partial charge is 0.364 e. The number of pyridine rings is 1. The molecule has 3 rings (SSSR count). The van der Waals surface area contributed by atoms with Crippen molar-refractivity contribution < 1.29 is 4.79 Å². The van der Waals surface area contributed by atoms with Gasteiger partial charge >= 0.3 is 0 Å². The fourth-order valence-corrected chi connectivity index (χ4v) is 3.53. The Morgan fingerprint density at radius 2 is 1.84 bits per heavy atom. The smallest absolute Gasteiger partial charge is 0.259 e. The number of aryl methyl sites for hydroxylation is 1. The van der Waals surface area contributed by atoms with Crippen LogP contribution in [0.1, 0.15) is 41.0 Å². The third-order valence-electron chi connectivity index (χ3n) is 4.90. The zero-order chi connectivity index (χ0) is 17.8. The van der Waals surface area contributed by atoms with E-state index in [0.717, 1.165) is 25.2 Å². The van der Waals surface area contributed by atoms with Crippen LogP contribution in [-0.2, 0) is 0 Å². The van der Waals surface area contributed by atoms with E-state index in [1.54, 1.807) is 4.90 Å². The SMILES string of the molecule is CC[C@H](c1ccccc1)N1CCN(C(=O)c2c[nH]c(C)cc2=O)CC1. The normalized spacial score (nSPS) is 16.6. The minimum atomic E-state index is -0.209. The van der Waals surface area contributed by atoms with Gasteiger partial charge in [-0.1, -0.05) is 37.3 Å². The molecule has 0 bridgehead atoms. The molecule has 1 amide bonds. The van der Waals surface area contributed by atoms with Gasteiger partial charge in [0, 0.05) is 50.2 Å². The minimum absolute atomic E-state index is 0.173. The molecule has 2 aromatic rings. The molecular formula is C20H25N3O2. The van der Waals surface area contributed by atoms with Crippen LogP contribution in [0.3, 0.4) is 0 Å². The molecule has 0 spiro atoms. The van der Waals surface area contributed by atoms with Crippen LogP contribution in [0.4, 0.5) is 0 Å². The summed E-state index contributed by atoms with van der Waals surface area (Å²) in [5.41, 5.74) is 2.10. The van der Waals surface area contributed by atoms with Crippen molar-refractivity contribution in [2.75, 3.05) is 26.2 Å². The summed E-state index contributed by atoms with van der Waals surface area (Å²) in [6.07, 6.45) is 2.57. The maximum atomic E-state index is 12.6. The number of hydrogen-bond acceptors (Lipinski definition) is 3. The van der Waals surface area contributed by atoms with Gasteiger partial charge in [0.25, 0.3) is 5.91 Å². The molecule has 1 N–H and O–H groups in total.